The normalized spacial score (nSPS) is 17.4. The molecule has 12 heteroatoms. The van der Waals surface area contributed by atoms with Gasteiger partial charge in [-0.15, -0.1) is 0 Å². The lowest BCUT2D eigenvalue weighted by atomic mass is 10.1. The summed E-state index contributed by atoms with van der Waals surface area (Å²) in [6.45, 7) is 7.06. The Morgan fingerprint density at radius 2 is 1.74 bits per heavy atom. The Morgan fingerprint density at radius 1 is 1.03 bits per heavy atom. The standard InChI is InChI=1S/C23H29N5O7/c29-20(1-2-26-7-9-35-10-8-26)28-5-3-27(4-6-28)14-15-13-24-18-12-19(25-21(30)23(33)34)17(22(31)32)11-16(15)18/h11-13,24H,1-10,14H2,(H,25,30)(H,31,32)(H,33,34)/p-1. The smallest absolute Gasteiger partial charge is 0.394 e. The van der Waals surface area contributed by atoms with E-state index in [2.05, 4.69) is 20.1 Å². The highest BCUT2D eigenvalue weighted by Gasteiger charge is 2.23. The van der Waals surface area contributed by atoms with Crippen LogP contribution in [-0.4, -0.2) is 108 Å². The first-order valence-corrected chi connectivity index (χ1v) is 11.5. The SMILES string of the molecule is O=C(O)C(=O)Nc1cc2[nH]cc(CN3CCN(C(=O)CCN4CCOCC4)CC3)c2cc1C(=O)[O-]. The van der Waals surface area contributed by atoms with Gasteiger partial charge < -0.3 is 34.9 Å². The summed E-state index contributed by atoms with van der Waals surface area (Å²) in [5.41, 5.74) is 0.958. The van der Waals surface area contributed by atoms with Crippen molar-refractivity contribution in [1.29, 1.82) is 0 Å². The molecule has 4 rings (SSSR count). The van der Waals surface area contributed by atoms with Gasteiger partial charge in [0, 0.05) is 81.4 Å². The van der Waals surface area contributed by atoms with E-state index in [1.807, 2.05) is 4.90 Å². The molecular formula is C23H28N5O7-. The third-order valence-electron chi connectivity index (χ3n) is 6.43. The van der Waals surface area contributed by atoms with E-state index in [-0.39, 0.29) is 17.2 Å². The largest absolute Gasteiger partial charge is 0.545 e. The van der Waals surface area contributed by atoms with Crippen LogP contribution in [0.2, 0.25) is 0 Å². The van der Waals surface area contributed by atoms with Crippen LogP contribution in [0.4, 0.5) is 5.69 Å². The van der Waals surface area contributed by atoms with Crippen molar-refractivity contribution in [2.24, 2.45) is 0 Å². The summed E-state index contributed by atoms with van der Waals surface area (Å²) in [5, 5.41) is 23.1. The second kappa shape index (κ2) is 10.8. The third kappa shape index (κ3) is 5.96. The van der Waals surface area contributed by atoms with Crippen LogP contribution in [0.1, 0.15) is 22.3 Å². The zero-order valence-electron chi connectivity index (χ0n) is 19.2. The number of nitrogens with one attached hydrogen (secondary N) is 2. The van der Waals surface area contributed by atoms with Crippen molar-refractivity contribution in [3.05, 3.63) is 29.5 Å². The Labute approximate surface area is 201 Å². The average molecular weight is 487 g/mol. The highest BCUT2D eigenvalue weighted by atomic mass is 16.5. The van der Waals surface area contributed by atoms with Gasteiger partial charge in [-0.1, -0.05) is 0 Å². The fraction of sp³-hybridized carbons (Fsp3) is 0.478. The van der Waals surface area contributed by atoms with Crippen LogP contribution in [0, 0.1) is 0 Å². The third-order valence-corrected chi connectivity index (χ3v) is 6.43. The molecule has 2 fully saturated rings. The summed E-state index contributed by atoms with van der Waals surface area (Å²) in [6, 6.07) is 2.76. The number of carbonyl (C=O) groups excluding carboxylic acids is 3. The molecule has 0 spiro atoms. The molecule has 0 unspecified atom stereocenters. The molecule has 0 atom stereocenters. The number of nitrogens with zero attached hydrogens (tertiary/aromatic N) is 3. The first-order chi connectivity index (χ1) is 16.8. The van der Waals surface area contributed by atoms with Crippen LogP contribution in [0.5, 0.6) is 0 Å². The quantitative estimate of drug-likeness (QED) is 0.414. The lowest BCUT2D eigenvalue weighted by Gasteiger charge is -2.35. The number of piperazine rings is 1. The number of rotatable bonds is 7. The molecule has 0 saturated carbocycles. The molecule has 2 amide bonds. The summed E-state index contributed by atoms with van der Waals surface area (Å²) in [7, 11) is 0. The molecule has 0 aliphatic carbocycles. The molecule has 0 bridgehead atoms. The number of anilines is 1. The van der Waals surface area contributed by atoms with Crippen molar-refractivity contribution >= 4 is 40.3 Å². The first kappa shape index (κ1) is 24.6. The van der Waals surface area contributed by atoms with Gasteiger partial charge in [0.15, 0.2) is 0 Å². The first-order valence-electron chi connectivity index (χ1n) is 11.5. The number of aromatic amines is 1. The van der Waals surface area contributed by atoms with Crippen molar-refractivity contribution in [3.63, 3.8) is 0 Å². The van der Waals surface area contributed by atoms with Crippen LogP contribution < -0.4 is 10.4 Å². The number of amides is 2. The number of morpholine rings is 1. The van der Waals surface area contributed by atoms with Crippen molar-refractivity contribution in [2.75, 3.05) is 64.3 Å². The van der Waals surface area contributed by atoms with Gasteiger partial charge in [-0.25, -0.2) is 4.79 Å². The van der Waals surface area contributed by atoms with Gasteiger partial charge in [0.1, 0.15) is 0 Å². The van der Waals surface area contributed by atoms with Crippen molar-refractivity contribution in [1.82, 2.24) is 19.7 Å². The molecule has 2 saturated heterocycles. The van der Waals surface area contributed by atoms with Crippen LogP contribution >= 0.6 is 0 Å². The summed E-state index contributed by atoms with van der Waals surface area (Å²) in [6.07, 6.45) is 2.25. The number of aliphatic carboxylic acids is 1. The predicted octanol–water partition coefficient (Wildman–Crippen LogP) is -1.08. The minimum absolute atomic E-state index is 0.150. The van der Waals surface area contributed by atoms with E-state index in [0.717, 1.165) is 25.2 Å². The minimum atomic E-state index is -1.72. The Morgan fingerprint density at radius 3 is 2.40 bits per heavy atom. The van der Waals surface area contributed by atoms with Gasteiger partial charge in [-0.05, 0) is 17.7 Å². The number of fused-ring (bicyclic) bond motifs is 1. The van der Waals surface area contributed by atoms with Crippen LogP contribution in [0.3, 0.4) is 0 Å². The lowest BCUT2D eigenvalue weighted by molar-refractivity contribution is -0.254. The molecule has 35 heavy (non-hydrogen) atoms. The summed E-state index contributed by atoms with van der Waals surface area (Å²) in [4.78, 5) is 55.9. The number of aromatic carboxylic acids is 1. The van der Waals surface area contributed by atoms with Gasteiger partial charge in [0.2, 0.25) is 5.91 Å². The number of ether oxygens (including phenoxy) is 1. The van der Waals surface area contributed by atoms with E-state index in [4.69, 9.17) is 9.84 Å². The number of benzene rings is 1. The fourth-order valence-corrected chi connectivity index (χ4v) is 4.44. The van der Waals surface area contributed by atoms with E-state index < -0.39 is 17.8 Å². The molecule has 2 aromatic rings. The maximum atomic E-state index is 12.6. The topological polar surface area (TPSA) is 158 Å². The maximum Gasteiger partial charge on any atom is 0.394 e. The predicted molar refractivity (Wildman–Crippen MR) is 123 cm³/mol. The molecular weight excluding hydrogens is 458 g/mol. The van der Waals surface area contributed by atoms with Gasteiger partial charge in [-0.3, -0.25) is 19.4 Å². The lowest BCUT2D eigenvalue weighted by Crippen LogP contribution is -2.49. The fourth-order valence-electron chi connectivity index (χ4n) is 4.44. The molecule has 1 aromatic heterocycles. The van der Waals surface area contributed by atoms with E-state index in [9.17, 15) is 24.3 Å². The second-order valence-electron chi connectivity index (χ2n) is 8.66. The number of carboxylic acid groups (broad SMARTS) is 2. The van der Waals surface area contributed by atoms with E-state index in [1.165, 1.54) is 12.1 Å². The van der Waals surface area contributed by atoms with Crippen LogP contribution in [0.25, 0.3) is 10.9 Å². The minimum Gasteiger partial charge on any atom is -0.545 e. The van der Waals surface area contributed by atoms with Crippen molar-refractivity contribution < 1.29 is 34.1 Å². The second-order valence-corrected chi connectivity index (χ2v) is 8.66. The van der Waals surface area contributed by atoms with Gasteiger partial charge >= 0.3 is 11.9 Å². The number of aromatic nitrogens is 1. The molecule has 0 radical (unpaired) electrons. The zero-order chi connectivity index (χ0) is 24.9. The molecule has 2 aliphatic heterocycles. The summed E-state index contributed by atoms with van der Waals surface area (Å²) < 4.78 is 5.34. The van der Waals surface area contributed by atoms with Crippen molar-refractivity contribution in [3.8, 4) is 0 Å². The van der Waals surface area contributed by atoms with Gasteiger partial charge in [-0.2, -0.15) is 0 Å². The highest BCUT2D eigenvalue weighted by molar-refractivity contribution is 6.37. The Kier molecular flexibility index (Phi) is 7.63. The average Bonchev–Trinajstić information content (AvgIpc) is 3.24. The number of H-pyrrole nitrogens is 1. The monoisotopic (exact) mass is 486 g/mol. The molecule has 3 heterocycles. The molecule has 3 N–H and O–H groups in total. The Bertz CT molecular complexity index is 1120. The number of hydrogen-bond acceptors (Lipinski definition) is 8. The number of carbonyl (C=O) groups is 4. The van der Waals surface area contributed by atoms with Crippen LogP contribution in [-0.2, 0) is 25.7 Å². The zero-order valence-corrected chi connectivity index (χ0v) is 19.2. The molecule has 2 aliphatic rings. The van der Waals surface area contributed by atoms with E-state index >= 15 is 0 Å². The molecule has 188 valence electrons. The number of carboxylic acids is 2. The summed E-state index contributed by atoms with van der Waals surface area (Å²) >= 11 is 0. The maximum absolute atomic E-state index is 12.6. The Balaban J connectivity index is 1.36. The molecule has 12 nitrogen and oxygen atoms in total. The van der Waals surface area contributed by atoms with E-state index in [0.29, 0.717) is 63.3 Å². The van der Waals surface area contributed by atoms with Gasteiger partial charge in [0.05, 0.1) is 24.9 Å². The molecule has 1 aromatic carbocycles. The highest BCUT2D eigenvalue weighted by Crippen LogP contribution is 2.27. The number of hydrogen-bond donors (Lipinski definition) is 3. The summed E-state index contributed by atoms with van der Waals surface area (Å²) in [5.74, 6) is -4.43. The Hall–Kier alpha value is -3.48. The van der Waals surface area contributed by atoms with Crippen LogP contribution in [0.15, 0.2) is 18.3 Å². The van der Waals surface area contributed by atoms with Gasteiger partial charge in [0.25, 0.3) is 0 Å². The van der Waals surface area contributed by atoms with Crippen molar-refractivity contribution in [2.45, 2.75) is 13.0 Å². The van der Waals surface area contributed by atoms with E-state index in [1.54, 1.807) is 6.20 Å².